The highest BCUT2D eigenvalue weighted by molar-refractivity contribution is 7.90. The van der Waals surface area contributed by atoms with E-state index in [9.17, 15) is 8.42 Å². The maximum Gasteiger partial charge on any atom is 0.175 e. The highest BCUT2D eigenvalue weighted by Gasteiger charge is 2.20. The molecule has 0 aliphatic carbocycles. The largest absolute Gasteiger partial charge is 0.327 e. The number of aryl methyl sites for hydroxylation is 1. The smallest absolute Gasteiger partial charge is 0.175 e. The third kappa shape index (κ3) is 5.09. The molecule has 7 heteroatoms. The van der Waals surface area contributed by atoms with Crippen LogP contribution in [0.25, 0.3) is 33.5 Å². The molecule has 4 aromatic rings. The van der Waals surface area contributed by atoms with E-state index in [4.69, 9.17) is 4.98 Å². The summed E-state index contributed by atoms with van der Waals surface area (Å²) in [6, 6.07) is 22.9. The molecule has 36 heavy (non-hydrogen) atoms. The molecule has 0 atom stereocenters. The van der Waals surface area contributed by atoms with E-state index in [1.165, 1.54) is 30.2 Å². The first-order valence-electron chi connectivity index (χ1n) is 12.4. The third-order valence-corrected chi connectivity index (χ3v) is 8.53. The average molecular weight is 503 g/mol. The quantitative estimate of drug-likeness (QED) is 0.378. The predicted octanol–water partition coefficient (Wildman–Crippen LogP) is 4.84. The van der Waals surface area contributed by atoms with E-state index in [0.717, 1.165) is 47.6 Å². The second-order valence-electron chi connectivity index (χ2n) is 10.2. The first-order chi connectivity index (χ1) is 17.2. The molecule has 5 rings (SSSR count). The van der Waals surface area contributed by atoms with E-state index in [2.05, 4.69) is 70.9 Å². The minimum atomic E-state index is -3.22. The molecule has 1 fully saturated rings. The van der Waals surface area contributed by atoms with Crippen molar-refractivity contribution in [2.75, 3.05) is 33.4 Å². The first kappa shape index (κ1) is 24.7. The van der Waals surface area contributed by atoms with Gasteiger partial charge in [0.05, 0.1) is 15.9 Å². The Labute approximate surface area is 214 Å². The second-order valence-corrected chi connectivity index (χ2v) is 12.2. The Morgan fingerprint density at radius 2 is 1.50 bits per heavy atom. The Kier molecular flexibility index (Phi) is 6.72. The van der Waals surface area contributed by atoms with Gasteiger partial charge < -0.3 is 9.47 Å². The van der Waals surface area contributed by atoms with E-state index >= 15 is 0 Å². The van der Waals surface area contributed by atoms with Crippen molar-refractivity contribution in [1.82, 2.24) is 19.4 Å². The molecule has 0 amide bonds. The summed E-state index contributed by atoms with van der Waals surface area (Å²) in [5.41, 5.74) is 6.55. The van der Waals surface area contributed by atoms with Crippen LogP contribution >= 0.6 is 0 Å². The Morgan fingerprint density at radius 1 is 0.889 bits per heavy atom. The fourth-order valence-corrected chi connectivity index (χ4v) is 5.76. The molecule has 0 saturated carbocycles. The minimum Gasteiger partial charge on any atom is -0.327 e. The number of benzene rings is 3. The van der Waals surface area contributed by atoms with Gasteiger partial charge in [-0.05, 0) is 93.1 Å². The van der Waals surface area contributed by atoms with Crippen LogP contribution in [0.5, 0.6) is 0 Å². The summed E-state index contributed by atoms with van der Waals surface area (Å²) in [7, 11) is 3.14. The van der Waals surface area contributed by atoms with E-state index in [0.29, 0.717) is 10.9 Å². The van der Waals surface area contributed by atoms with Gasteiger partial charge in [0.15, 0.2) is 9.84 Å². The van der Waals surface area contributed by atoms with Crippen LogP contribution in [0.1, 0.15) is 18.4 Å². The minimum absolute atomic E-state index is 0.314. The lowest BCUT2D eigenvalue weighted by molar-refractivity contribution is 0.140. The maximum absolute atomic E-state index is 11.8. The molecule has 0 unspecified atom stereocenters. The molecular formula is C29H34N4O2S. The van der Waals surface area contributed by atoms with Crippen LogP contribution in [-0.4, -0.2) is 67.3 Å². The van der Waals surface area contributed by atoms with Gasteiger partial charge in [0.2, 0.25) is 0 Å². The van der Waals surface area contributed by atoms with Gasteiger partial charge in [-0.3, -0.25) is 4.90 Å². The molecule has 1 aliphatic rings. The van der Waals surface area contributed by atoms with E-state index in [1.54, 1.807) is 12.1 Å². The zero-order valence-electron chi connectivity index (χ0n) is 21.5. The van der Waals surface area contributed by atoms with Crippen molar-refractivity contribution < 1.29 is 8.42 Å². The van der Waals surface area contributed by atoms with E-state index in [1.807, 2.05) is 19.2 Å². The number of sulfone groups is 1. The summed E-state index contributed by atoms with van der Waals surface area (Å²) in [6.07, 6.45) is 3.69. The number of imidazole rings is 1. The lowest BCUT2D eigenvalue weighted by atomic mass is 10.0. The number of piperidine rings is 1. The molecule has 6 nitrogen and oxygen atoms in total. The fourth-order valence-electron chi connectivity index (χ4n) is 5.13. The Morgan fingerprint density at radius 3 is 2.11 bits per heavy atom. The zero-order chi connectivity index (χ0) is 25.4. The van der Waals surface area contributed by atoms with Crippen molar-refractivity contribution in [1.29, 1.82) is 0 Å². The topological polar surface area (TPSA) is 58.4 Å². The van der Waals surface area contributed by atoms with Crippen molar-refractivity contribution in [3.8, 4) is 22.5 Å². The molecule has 3 aromatic carbocycles. The van der Waals surface area contributed by atoms with Crippen molar-refractivity contribution in [2.45, 2.75) is 30.3 Å². The maximum atomic E-state index is 11.8. The number of fused-ring (bicyclic) bond motifs is 1. The lowest BCUT2D eigenvalue weighted by Crippen LogP contribution is -2.41. The fraction of sp³-hybridized carbons (Fsp3) is 0.345. The van der Waals surface area contributed by atoms with Gasteiger partial charge in [0.25, 0.3) is 0 Å². The third-order valence-electron chi connectivity index (χ3n) is 7.40. The molecule has 0 spiro atoms. The monoisotopic (exact) mass is 502 g/mol. The normalized spacial score (nSPS) is 15.7. The summed E-state index contributed by atoms with van der Waals surface area (Å²) >= 11 is 0. The highest BCUT2D eigenvalue weighted by Crippen LogP contribution is 2.29. The summed E-state index contributed by atoms with van der Waals surface area (Å²) in [4.78, 5) is 10.0. The van der Waals surface area contributed by atoms with Crippen LogP contribution in [0.15, 0.2) is 71.6 Å². The Hall–Kier alpha value is -3.00. The van der Waals surface area contributed by atoms with Crippen molar-refractivity contribution in [3.05, 3.63) is 72.3 Å². The molecule has 1 aliphatic heterocycles. The number of hydrogen-bond donors (Lipinski definition) is 0. The van der Waals surface area contributed by atoms with Crippen LogP contribution in [0.2, 0.25) is 0 Å². The van der Waals surface area contributed by atoms with Gasteiger partial charge in [-0.1, -0.05) is 30.3 Å². The van der Waals surface area contributed by atoms with Crippen LogP contribution < -0.4 is 0 Å². The molecule has 0 N–H and O–H groups in total. The molecule has 188 valence electrons. The van der Waals surface area contributed by atoms with Gasteiger partial charge in [-0.15, -0.1) is 0 Å². The van der Waals surface area contributed by atoms with Gasteiger partial charge in [0, 0.05) is 31.5 Å². The van der Waals surface area contributed by atoms with Crippen molar-refractivity contribution >= 4 is 20.9 Å². The van der Waals surface area contributed by atoms with Crippen LogP contribution in [0.3, 0.4) is 0 Å². The molecule has 2 heterocycles. The van der Waals surface area contributed by atoms with E-state index < -0.39 is 9.84 Å². The Bertz CT molecular complexity index is 1460. The zero-order valence-corrected chi connectivity index (χ0v) is 22.3. The van der Waals surface area contributed by atoms with Gasteiger partial charge >= 0.3 is 0 Å². The number of likely N-dealkylation sites (tertiary alicyclic amines) is 1. The SMILES string of the molecule is CN(C)C1CCN(Cc2ccc(-c3ccc4nc(-c5ccc(S(C)(=O)=O)cc5)n(C)c4c3)cc2)CC1. The molecule has 1 saturated heterocycles. The van der Waals surface area contributed by atoms with Crippen LogP contribution in [-0.2, 0) is 23.4 Å². The summed E-state index contributed by atoms with van der Waals surface area (Å²) in [5.74, 6) is 0.815. The molecule has 0 radical (unpaired) electrons. The first-order valence-corrected chi connectivity index (χ1v) is 14.3. The van der Waals surface area contributed by atoms with Crippen molar-refractivity contribution in [3.63, 3.8) is 0 Å². The van der Waals surface area contributed by atoms with Crippen LogP contribution in [0.4, 0.5) is 0 Å². The molecular weight excluding hydrogens is 468 g/mol. The number of aromatic nitrogens is 2. The summed E-state index contributed by atoms with van der Waals surface area (Å²) < 4.78 is 25.7. The number of rotatable bonds is 6. The summed E-state index contributed by atoms with van der Waals surface area (Å²) in [6.45, 7) is 3.31. The predicted molar refractivity (Wildman–Crippen MR) is 147 cm³/mol. The van der Waals surface area contributed by atoms with Crippen molar-refractivity contribution in [2.24, 2.45) is 7.05 Å². The number of hydrogen-bond acceptors (Lipinski definition) is 5. The van der Waals surface area contributed by atoms with Gasteiger partial charge in [-0.25, -0.2) is 13.4 Å². The van der Waals surface area contributed by atoms with Crippen LogP contribution in [0, 0.1) is 0 Å². The molecule has 1 aromatic heterocycles. The standard InChI is InChI=1S/C29H34N4O2S/c1-31(2)25-15-17-33(18-16-25)20-21-5-7-22(8-6-21)24-11-14-27-28(19-24)32(3)29(30-27)23-9-12-26(13-10-23)36(4,34)35/h5-14,19,25H,15-18,20H2,1-4H3. The average Bonchev–Trinajstić information content (AvgIpc) is 3.20. The number of nitrogens with zero attached hydrogens (tertiary/aromatic N) is 4. The lowest BCUT2D eigenvalue weighted by Gasteiger charge is -2.35. The molecule has 0 bridgehead atoms. The summed E-state index contributed by atoms with van der Waals surface area (Å²) in [5, 5.41) is 0. The van der Waals surface area contributed by atoms with Gasteiger partial charge in [-0.2, -0.15) is 0 Å². The second kappa shape index (κ2) is 9.81. The highest BCUT2D eigenvalue weighted by atomic mass is 32.2. The van der Waals surface area contributed by atoms with Gasteiger partial charge in [0.1, 0.15) is 5.82 Å². The van der Waals surface area contributed by atoms with E-state index in [-0.39, 0.29) is 0 Å². The Balaban J connectivity index is 1.33.